The smallest absolute Gasteiger partial charge is 0.234 e. The number of benzene rings is 2. The molecule has 1 aliphatic carbocycles. The highest BCUT2D eigenvalue weighted by Gasteiger charge is 2.58. The highest BCUT2D eigenvalue weighted by molar-refractivity contribution is 9.10. The molecule has 2 aromatic rings. The van der Waals surface area contributed by atoms with Crippen molar-refractivity contribution in [3.05, 3.63) is 80.8 Å². The third-order valence-corrected chi connectivity index (χ3v) is 10.7. The maximum Gasteiger partial charge on any atom is 0.234 e. The Labute approximate surface area is 263 Å². The molecule has 0 radical (unpaired) electrons. The molecule has 3 aliphatic heterocycles. The first kappa shape index (κ1) is 30.3. The number of halogens is 1. The van der Waals surface area contributed by atoms with Crippen LogP contribution in [0.5, 0.6) is 5.75 Å². The number of fused-ring (bicyclic) bond motifs is 3. The third-order valence-electron chi connectivity index (χ3n) is 10.2. The van der Waals surface area contributed by atoms with Crippen molar-refractivity contribution in [2.24, 2.45) is 17.8 Å². The van der Waals surface area contributed by atoms with Crippen LogP contribution in [0.3, 0.4) is 0 Å². The first-order valence-corrected chi connectivity index (χ1v) is 16.8. The fourth-order valence-electron chi connectivity index (χ4n) is 7.90. The van der Waals surface area contributed by atoms with Gasteiger partial charge in [-0.05, 0) is 74.3 Å². The Morgan fingerprint density at radius 3 is 2.53 bits per heavy atom. The number of ether oxygens (including phenoxy) is 1. The number of allylic oxidation sites excluding steroid dienone is 2. The Hall–Kier alpha value is -2.74. The van der Waals surface area contributed by atoms with Crippen molar-refractivity contribution in [2.45, 2.75) is 77.5 Å². The summed E-state index contributed by atoms with van der Waals surface area (Å²) in [7, 11) is 0. The van der Waals surface area contributed by atoms with E-state index in [1.807, 2.05) is 18.2 Å². The van der Waals surface area contributed by atoms with Crippen molar-refractivity contribution >= 4 is 33.8 Å². The molecule has 0 saturated carbocycles. The van der Waals surface area contributed by atoms with Gasteiger partial charge in [-0.15, -0.1) is 0 Å². The van der Waals surface area contributed by atoms with Gasteiger partial charge >= 0.3 is 0 Å². The van der Waals surface area contributed by atoms with Crippen molar-refractivity contribution in [1.82, 2.24) is 9.80 Å². The van der Waals surface area contributed by atoms with Crippen LogP contribution < -0.4 is 0 Å². The average molecular weight is 648 g/mol. The second-order valence-electron chi connectivity index (χ2n) is 12.6. The van der Waals surface area contributed by atoms with Gasteiger partial charge in [0.2, 0.25) is 11.8 Å². The molecule has 2 aromatic carbocycles. The number of imide groups is 1. The number of carbonyl (C=O) groups excluding carboxylic acids is 2. The van der Waals surface area contributed by atoms with Crippen molar-refractivity contribution in [1.29, 1.82) is 0 Å². The van der Waals surface area contributed by atoms with E-state index in [-0.39, 0.29) is 47.5 Å². The van der Waals surface area contributed by atoms with E-state index in [1.54, 1.807) is 11.0 Å². The lowest BCUT2D eigenvalue weighted by molar-refractivity contribution is -0.144. The molecule has 0 unspecified atom stereocenters. The summed E-state index contributed by atoms with van der Waals surface area (Å²) in [5, 5.41) is 10.3. The molecule has 3 fully saturated rings. The van der Waals surface area contributed by atoms with Crippen molar-refractivity contribution in [3.8, 4) is 5.75 Å². The number of likely N-dealkylation sites (tertiary alicyclic amines) is 2. The quantitative estimate of drug-likeness (QED) is 0.232. The van der Waals surface area contributed by atoms with Crippen LogP contribution in [0.15, 0.2) is 69.7 Å². The van der Waals surface area contributed by atoms with Gasteiger partial charge in [-0.2, -0.15) is 0 Å². The van der Waals surface area contributed by atoms with Crippen LogP contribution in [0, 0.1) is 17.8 Å². The maximum absolute atomic E-state index is 14.0. The highest BCUT2D eigenvalue weighted by Crippen LogP contribution is 2.51. The zero-order valence-electron chi connectivity index (χ0n) is 25.3. The molecule has 0 bridgehead atoms. The summed E-state index contributed by atoms with van der Waals surface area (Å²) in [5.74, 6) is -0.165. The van der Waals surface area contributed by atoms with E-state index in [1.165, 1.54) is 22.3 Å². The van der Waals surface area contributed by atoms with Gasteiger partial charge in [-0.25, -0.2) is 0 Å². The zero-order valence-corrected chi connectivity index (χ0v) is 26.9. The number of rotatable bonds is 9. The number of hydrogen-bond acceptors (Lipinski definition) is 5. The van der Waals surface area contributed by atoms with E-state index in [9.17, 15) is 14.7 Å². The summed E-state index contributed by atoms with van der Waals surface area (Å²) >= 11 is 3.51. The van der Waals surface area contributed by atoms with Gasteiger partial charge in [0, 0.05) is 41.6 Å². The highest BCUT2D eigenvalue weighted by atomic mass is 79.9. The lowest BCUT2D eigenvalue weighted by Crippen LogP contribution is -2.47. The standard InChI is InChI=1S/C36H43BrN2O4/c1-3-23(18-26-19-27(37)11-12-31(26)40)10-13-32-33-25(4-2)20-29-34(30(33)22-43-32)36(42)39(35(29)41)28-14-16-38(17-15-28)21-24-8-6-5-7-9-24/h5-9,11-12,18-19,28-30,32,34,40H,3-4,10,13-17,20-22H2,1-2H3/b23-18+/t29-,30+,32-,34-/m1/s1. The monoisotopic (exact) mass is 646 g/mol. The van der Waals surface area contributed by atoms with Gasteiger partial charge in [-0.3, -0.25) is 19.4 Å². The Morgan fingerprint density at radius 2 is 1.81 bits per heavy atom. The number of hydrogen-bond donors (Lipinski definition) is 1. The molecule has 0 aromatic heterocycles. The van der Waals surface area contributed by atoms with E-state index < -0.39 is 0 Å². The Balaban J connectivity index is 1.13. The van der Waals surface area contributed by atoms with Crippen molar-refractivity contribution in [2.75, 3.05) is 19.7 Å². The summed E-state index contributed by atoms with van der Waals surface area (Å²) < 4.78 is 7.37. The molecule has 6 nitrogen and oxygen atoms in total. The predicted octanol–water partition coefficient (Wildman–Crippen LogP) is 7.12. The van der Waals surface area contributed by atoms with E-state index in [2.05, 4.69) is 65.0 Å². The van der Waals surface area contributed by atoms with Gasteiger partial charge in [-0.1, -0.05) is 77.3 Å². The number of nitrogens with zero attached hydrogens (tertiary/aromatic N) is 2. The number of phenols is 1. The molecule has 3 saturated heterocycles. The van der Waals surface area contributed by atoms with Crippen molar-refractivity contribution < 1.29 is 19.4 Å². The second-order valence-corrected chi connectivity index (χ2v) is 13.5. The fourth-order valence-corrected chi connectivity index (χ4v) is 8.28. The van der Waals surface area contributed by atoms with Crippen molar-refractivity contribution in [3.63, 3.8) is 0 Å². The second kappa shape index (κ2) is 13.1. The fraction of sp³-hybridized carbons (Fsp3) is 0.500. The van der Waals surface area contributed by atoms with Crippen LogP contribution in [0.1, 0.15) is 69.9 Å². The van der Waals surface area contributed by atoms with Crippen LogP contribution in [0.2, 0.25) is 0 Å². The molecule has 3 heterocycles. The lowest BCUT2D eigenvalue weighted by atomic mass is 9.69. The Kier molecular flexibility index (Phi) is 9.22. The molecule has 2 amide bonds. The first-order valence-electron chi connectivity index (χ1n) is 16.0. The molecule has 1 N–H and O–H groups in total. The molecule has 7 heteroatoms. The molecular weight excluding hydrogens is 604 g/mol. The number of phenolic OH excluding ortho intramolecular Hbond substituents is 1. The summed E-state index contributed by atoms with van der Waals surface area (Å²) in [6, 6.07) is 16.0. The third kappa shape index (κ3) is 6.13. The lowest BCUT2D eigenvalue weighted by Gasteiger charge is -2.36. The van der Waals surface area contributed by atoms with Crippen LogP contribution in [-0.4, -0.2) is 58.6 Å². The minimum atomic E-state index is -0.287. The first-order chi connectivity index (χ1) is 20.9. The van der Waals surface area contributed by atoms with E-state index in [0.29, 0.717) is 13.0 Å². The maximum atomic E-state index is 14.0. The summed E-state index contributed by atoms with van der Waals surface area (Å²) in [6.07, 6.45) is 7.90. The Bertz CT molecular complexity index is 1410. The minimum absolute atomic E-state index is 0.00139. The van der Waals surface area contributed by atoms with E-state index in [4.69, 9.17) is 4.74 Å². The Morgan fingerprint density at radius 1 is 1.05 bits per heavy atom. The minimum Gasteiger partial charge on any atom is -0.507 e. The number of amides is 2. The molecular formula is C36H43BrN2O4. The van der Waals surface area contributed by atoms with Gasteiger partial charge in [0.1, 0.15) is 5.75 Å². The number of carbonyl (C=O) groups is 2. The van der Waals surface area contributed by atoms with Crippen LogP contribution in [-0.2, 0) is 20.9 Å². The summed E-state index contributed by atoms with van der Waals surface area (Å²) in [5.41, 5.74) is 5.98. The normalized spacial score (nSPS) is 26.8. The zero-order chi connectivity index (χ0) is 30.1. The van der Waals surface area contributed by atoms with E-state index in [0.717, 1.165) is 68.2 Å². The summed E-state index contributed by atoms with van der Waals surface area (Å²) in [6.45, 7) is 7.54. The van der Waals surface area contributed by atoms with Gasteiger partial charge in [0.15, 0.2) is 0 Å². The number of piperidine rings is 1. The molecule has 228 valence electrons. The molecule has 6 rings (SSSR count). The van der Waals surface area contributed by atoms with Gasteiger partial charge < -0.3 is 9.84 Å². The van der Waals surface area contributed by atoms with Crippen LogP contribution in [0.25, 0.3) is 6.08 Å². The number of aromatic hydroxyl groups is 1. The van der Waals surface area contributed by atoms with Crippen LogP contribution >= 0.6 is 15.9 Å². The summed E-state index contributed by atoms with van der Waals surface area (Å²) in [4.78, 5) is 32.0. The average Bonchev–Trinajstić information content (AvgIpc) is 3.55. The largest absolute Gasteiger partial charge is 0.507 e. The predicted molar refractivity (Wildman–Crippen MR) is 172 cm³/mol. The SMILES string of the molecule is CCC1=C2[C@@H](CC/C(=C/c3cc(Br)ccc3O)CC)OC[C@@H]2[C@@H]2C(=O)N(C3CCN(Cc4ccccc4)CC3)C(=O)[C@@H]2C1. The molecule has 4 atom stereocenters. The molecule has 4 aliphatic rings. The van der Waals surface area contributed by atoms with Crippen LogP contribution in [0.4, 0.5) is 0 Å². The van der Waals surface area contributed by atoms with E-state index >= 15 is 0 Å². The molecule has 0 spiro atoms. The van der Waals surface area contributed by atoms with Gasteiger partial charge in [0.05, 0.1) is 24.5 Å². The topological polar surface area (TPSA) is 70.1 Å². The molecule has 43 heavy (non-hydrogen) atoms. The van der Waals surface area contributed by atoms with Gasteiger partial charge in [0.25, 0.3) is 0 Å².